The molecule has 0 aromatic carbocycles. The van der Waals surface area contributed by atoms with E-state index in [1.54, 1.807) is 4.57 Å². The summed E-state index contributed by atoms with van der Waals surface area (Å²) < 4.78 is 14.2. The fraction of sp³-hybridized carbons (Fsp3) is 0.750. The van der Waals surface area contributed by atoms with E-state index in [0.717, 1.165) is 19.3 Å². The monoisotopic (exact) mass is 333 g/mol. The SMILES string of the molecule is CC(C)n1c([C@H]2OCC[C@H]2C)nn(Cc2noc(C3CC3)n2)c1=O. The van der Waals surface area contributed by atoms with Crippen LogP contribution >= 0.6 is 0 Å². The zero-order valence-electron chi connectivity index (χ0n) is 14.3. The average Bonchev–Trinajstić information content (AvgIpc) is 2.98. The maximum absolute atomic E-state index is 12.8. The normalized spacial score (nSPS) is 24.2. The van der Waals surface area contributed by atoms with Crippen molar-refractivity contribution >= 4 is 0 Å². The molecule has 8 heteroatoms. The Morgan fingerprint density at radius 3 is 2.71 bits per heavy atom. The molecule has 2 aromatic rings. The minimum absolute atomic E-state index is 0.0185. The molecule has 8 nitrogen and oxygen atoms in total. The number of ether oxygens (including phenoxy) is 1. The topological polar surface area (TPSA) is 88.0 Å². The second-order valence-electron chi connectivity index (χ2n) is 7.14. The summed E-state index contributed by atoms with van der Waals surface area (Å²) in [5, 5.41) is 8.53. The van der Waals surface area contributed by atoms with Crippen molar-refractivity contribution < 1.29 is 9.26 Å². The Balaban J connectivity index is 1.66. The van der Waals surface area contributed by atoms with Gasteiger partial charge >= 0.3 is 5.69 Å². The van der Waals surface area contributed by atoms with Crippen molar-refractivity contribution in [1.82, 2.24) is 24.5 Å². The van der Waals surface area contributed by atoms with Gasteiger partial charge in [-0.1, -0.05) is 12.1 Å². The summed E-state index contributed by atoms with van der Waals surface area (Å²) in [5.74, 6) is 2.63. The Morgan fingerprint density at radius 2 is 2.08 bits per heavy atom. The van der Waals surface area contributed by atoms with E-state index in [1.165, 1.54) is 4.68 Å². The van der Waals surface area contributed by atoms with Gasteiger partial charge < -0.3 is 9.26 Å². The lowest BCUT2D eigenvalue weighted by atomic mass is 10.0. The van der Waals surface area contributed by atoms with Crippen LogP contribution in [-0.2, 0) is 11.3 Å². The van der Waals surface area contributed by atoms with Crippen LogP contribution in [0.3, 0.4) is 0 Å². The summed E-state index contributed by atoms with van der Waals surface area (Å²) in [5.41, 5.74) is -0.152. The van der Waals surface area contributed by atoms with Gasteiger partial charge in [-0.2, -0.15) is 10.1 Å². The van der Waals surface area contributed by atoms with Gasteiger partial charge in [-0.25, -0.2) is 9.48 Å². The fourth-order valence-electron chi connectivity index (χ4n) is 3.21. The molecule has 24 heavy (non-hydrogen) atoms. The van der Waals surface area contributed by atoms with Crippen molar-refractivity contribution in [3.63, 3.8) is 0 Å². The molecule has 2 fully saturated rings. The van der Waals surface area contributed by atoms with Crippen LogP contribution in [0.4, 0.5) is 0 Å². The molecular weight excluding hydrogens is 310 g/mol. The average molecular weight is 333 g/mol. The van der Waals surface area contributed by atoms with Crippen LogP contribution in [0.1, 0.15) is 75.6 Å². The number of hydrogen-bond donors (Lipinski definition) is 0. The van der Waals surface area contributed by atoms with Crippen molar-refractivity contribution in [2.24, 2.45) is 5.92 Å². The lowest BCUT2D eigenvalue weighted by Gasteiger charge is -2.16. The molecule has 2 aromatic heterocycles. The Morgan fingerprint density at radius 1 is 1.29 bits per heavy atom. The van der Waals surface area contributed by atoms with E-state index in [4.69, 9.17) is 9.26 Å². The highest BCUT2D eigenvalue weighted by molar-refractivity contribution is 5.03. The molecule has 0 bridgehead atoms. The molecule has 0 unspecified atom stereocenters. The van der Waals surface area contributed by atoms with E-state index in [9.17, 15) is 4.79 Å². The highest BCUT2D eigenvalue weighted by atomic mass is 16.5. The van der Waals surface area contributed by atoms with Gasteiger partial charge in [0.2, 0.25) is 5.89 Å². The molecule has 1 saturated heterocycles. The first-order valence-corrected chi connectivity index (χ1v) is 8.68. The van der Waals surface area contributed by atoms with Gasteiger partial charge in [0.05, 0.1) is 0 Å². The summed E-state index contributed by atoms with van der Waals surface area (Å²) in [6, 6.07) is 0.0185. The van der Waals surface area contributed by atoms with Crippen LogP contribution in [-0.4, -0.2) is 31.1 Å². The molecule has 4 rings (SSSR count). The van der Waals surface area contributed by atoms with Crippen LogP contribution in [0.15, 0.2) is 9.32 Å². The number of rotatable bonds is 5. The Hall–Kier alpha value is -1.96. The maximum atomic E-state index is 12.8. The fourth-order valence-corrected chi connectivity index (χ4v) is 3.21. The Kier molecular flexibility index (Phi) is 3.79. The number of aromatic nitrogens is 5. The van der Waals surface area contributed by atoms with Gasteiger partial charge in [-0.3, -0.25) is 4.57 Å². The van der Waals surface area contributed by atoms with E-state index in [1.807, 2.05) is 13.8 Å². The van der Waals surface area contributed by atoms with Crippen molar-refractivity contribution in [1.29, 1.82) is 0 Å². The highest BCUT2D eigenvalue weighted by Crippen LogP contribution is 2.38. The molecule has 2 aliphatic rings. The van der Waals surface area contributed by atoms with Gasteiger partial charge in [0, 0.05) is 18.6 Å². The summed E-state index contributed by atoms with van der Waals surface area (Å²) in [6.07, 6.45) is 3.06. The van der Waals surface area contributed by atoms with E-state index in [2.05, 4.69) is 22.2 Å². The molecule has 0 spiro atoms. The molecule has 1 aliphatic carbocycles. The molecule has 0 amide bonds. The van der Waals surface area contributed by atoms with Crippen LogP contribution in [0.2, 0.25) is 0 Å². The minimum Gasteiger partial charge on any atom is -0.370 e. The van der Waals surface area contributed by atoms with E-state index in [-0.39, 0.29) is 24.4 Å². The first kappa shape index (κ1) is 15.6. The molecular formula is C16H23N5O3. The largest absolute Gasteiger partial charge is 0.370 e. The number of hydrogen-bond acceptors (Lipinski definition) is 6. The molecule has 2 atom stereocenters. The van der Waals surface area contributed by atoms with Gasteiger partial charge in [-0.15, -0.1) is 0 Å². The third-order valence-electron chi connectivity index (χ3n) is 4.76. The number of nitrogens with zero attached hydrogens (tertiary/aromatic N) is 5. The van der Waals surface area contributed by atoms with E-state index in [0.29, 0.717) is 36.0 Å². The van der Waals surface area contributed by atoms with Crippen molar-refractivity contribution in [3.8, 4) is 0 Å². The third-order valence-corrected chi connectivity index (χ3v) is 4.76. The molecule has 1 saturated carbocycles. The third kappa shape index (κ3) is 2.68. The van der Waals surface area contributed by atoms with Crippen LogP contribution < -0.4 is 5.69 Å². The molecule has 130 valence electrons. The minimum atomic E-state index is -0.152. The Labute approximate surface area is 139 Å². The predicted octanol–water partition coefficient (Wildman–Crippen LogP) is 2.03. The molecule has 1 aliphatic heterocycles. The van der Waals surface area contributed by atoms with E-state index >= 15 is 0 Å². The maximum Gasteiger partial charge on any atom is 0.346 e. The second-order valence-corrected chi connectivity index (χ2v) is 7.14. The summed E-state index contributed by atoms with van der Waals surface area (Å²) in [6.45, 7) is 7.03. The first-order valence-electron chi connectivity index (χ1n) is 8.68. The zero-order chi connectivity index (χ0) is 16.8. The van der Waals surface area contributed by atoms with Gasteiger partial charge in [0.25, 0.3) is 0 Å². The lowest BCUT2D eigenvalue weighted by Crippen LogP contribution is -2.28. The zero-order valence-corrected chi connectivity index (χ0v) is 14.3. The summed E-state index contributed by atoms with van der Waals surface area (Å²) in [7, 11) is 0. The van der Waals surface area contributed by atoms with Crippen molar-refractivity contribution in [2.45, 2.75) is 64.6 Å². The summed E-state index contributed by atoms with van der Waals surface area (Å²) in [4.78, 5) is 17.2. The second kappa shape index (κ2) is 5.84. The van der Waals surface area contributed by atoms with Crippen LogP contribution in [0.25, 0.3) is 0 Å². The van der Waals surface area contributed by atoms with Gasteiger partial charge in [-0.05, 0) is 39.0 Å². The first-order chi connectivity index (χ1) is 11.5. The molecule has 3 heterocycles. The van der Waals surface area contributed by atoms with Crippen molar-refractivity contribution in [2.75, 3.05) is 6.61 Å². The molecule has 0 radical (unpaired) electrons. The Bertz CT molecular complexity index is 786. The van der Waals surface area contributed by atoms with Crippen molar-refractivity contribution in [3.05, 3.63) is 28.0 Å². The van der Waals surface area contributed by atoms with Crippen LogP contribution in [0.5, 0.6) is 0 Å². The van der Waals surface area contributed by atoms with Crippen LogP contribution in [0, 0.1) is 5.92 Å². The summed E-state index contributed by atoms with van der Waals surface area (Å²) >= 11 is 0. The van der Waals surface area contributed by atoms with Gasteiger partial charge in [0.1, 0.15) is 12.6 Å². The predicted molar refractivity (Wildman–Crippen MR) is 84.7 cm³/mol. The standard InChI is InChI=1S/C16H23N5O3/c1-9(2)21-14(13-10(3)6-7-23-13)18-20(16(21)22)8-12-17-15(24-19-12)11-4-5-11/h9-11,13H,4-8H2,1-3H3/t10-,13+/m1/s1. The van der Waals surface area contributed by atoms with Gasteiger partial charge in [0.15, 0.2) is 11.6 Å². The molecule has 0 N–H and O–H groups in total. The lowest BCUT2D eigenvalue weighted by molar-refractivity contribution is 0.0825. The highest BCUT2D eigenvalue weighted by Gasteiger charge is 2.33. The van der Waals surface area contributed by atoms with E-state index < -0.39 is 0 Å². The quantitative estimate of drug-likeness (QED) is 0.832. The smallest absolute Gasteiger partial charge is 0.346 e.